The maximum atomic E-state index is 7.34. The fourth-order valence-corrected chi connectivity index (χ4v) is 3.35. The summed E-state index contributed by atoms with van der Waals surface area (Å²) in [5.41, 5.74) is 4.28. The van der Waals surface area contributed by atoms with Crippen molar-refractivity contribution in [3.05, 3.63) is 65.4 Å². The van der Waals surface area contributed by atoms with Crippen LogP contribution in [0, 0.1) is 12.0 Å². The number of aromatic nitrogens is 5. The average Bonchev–Trinajstić information content (AvgIpc) is 3.13. The highest BCUT2D eigenvalue weighted by Crippen LogP contribution is 2.34. The first-order chi connectivity index (χ1) is 13.8. The number of pyridine rings is 1. The molecule has 7 heteroatoms. The standard InChI is InChI=1S/C22H19ClN6/c1-22(2,3)13-29-12-16(11-25-29)17-7-8-20(24-4)26-21(17)15-6-5-14-10-19(23)28-27-18(14)9-15/h5-12H,13H2,1-3H3. The van der Waals surface area contributed by atoms with Crippen LogP contribution >= 0.6 is 11.6 Å². The number of benzene rings is 1. The normalized spacial score (nSPS) is 11.6. The molecule has 0 aliphatic heterocycles. The Kier molecular flexibility index (Phi) is 4.77. The Morgan fingerprint density at radius 1 is 1.07 bits per heavy atom. The third kappa shape index (κ3) is 4.10. The van der Waals surface area contributed by atoms with Crippen molar-refractivity contribution in [2.75, 3.05) is 0 Å². The third-order valence-electron chi connectivity index (χ3n) is 4.41. The Bertz CT molecular complexity index is 1250. The summed E-state index contributed by atoms with van der Waals surface area (Å²) < 4.78 is 1.94. The Morgan fingerprint density at radius 2 is 1.90 bits per heavy atom. The molecule has 6 nitrogen and oxygen atoms in total. The van der Waals surface area contributed by atoms with Crippen molar-refractivity contribution in [3.8, 4) is 22.4 Å². The molecule has 0 spiro atoms. The lowest BCUT2D eigenvalue weighted by molar-refractivity contribution is 0.325. The van der Waals surface area contributed by atoms with E-state index in [0.717, 1.165) is 34.1 Å². The molecule has 0 aliphatic carbocycles. The summed E-state index contributed by atoms with van der Waals surface area (Å²) >= 11 is 5.94. The van der Waals surface area contributed by atoms with E-state index in [4.69, 9.17) is 18.2 Å². The van der Waals surface area contributed by atoms with E-state index in [9.17, 15) is 0 Å². The van der Waals surface area contributed by atoms with Gasteiger partial charge in [-0.25, -0.2) is 0 Å². The molecule has 3 aromatic heterocycles. The number of halogens is 1. The zero-order valence-electron chi connectivity index (χ0n) is 16.4. The molecule has 4 rings (SSSR count). The summed E-state index contributed by atoms with van der Waals surface area (Å²) in [6.45, 7) is 14.7. The third-order valence-corrected chi connectivity index (χ3v) is 4.59. The lowest BCUT2D eigenvalue weighted by Crippen LogP contribution is -2.15. The Balaban J connectivity index is 1.83. The van der Waals surface area contributed by atoms with Gasteiger partial charge in [-0.15, -0.1) is 15.2 Å². The van der Waals surface area contributed by atoms with Crippen LogP contribution in [0.25, 0.3) is 38.1 Å². The van der Waals surface area contributed by atoms with Crippen LogP contribution in [0.2, 0.25) is 5.15 Å². The molecular formula is C22H19ClN6. The summed E-state index contributed by atoms with van der Waals surface area (Å²) in [6, 6.07) is 11.2. The van der Waals surface area contributed by atoms with Gasteiger partial charge in [-0.05, 0) is 29.7 Å². The Hall–Kier alpha value is -3.30. The first-order valence-corrected chi connectivity index (χ1v) is 9.55. The number of rotatable bonds is 3. The highest BCUT2D eigenvalue weighted by Gasteiger charge is 2.18. The van der Waals surface area contributed by atoms with Gasteiger partial charge >= 0.3 is 0 Å². The molecule has 0 saturated carbocycles. The lowest BCUT2D eigenvalue weighted by Gasteiger charge is -2.17. The molecule has 1 aromatic carbocycles. The minimum absolute atomic E-state index is 0.122. The summed E-state index contributed by atoms with van der Waals surface area (Å²) in [4.78, 5) is 8.07. The van der Waals surface area contributed by atoms with Crippen LogP contribution in [-0.2, 0) is 6.54 Å². The first kappa shape index (κ1) is 19.0. The highest BCUT2D eigenvalue weighted by molar-refractivity contribution is 6.29. The van der Waals surface area contributed by atoms with Gasteiger partial charge in [-0.2, -0.15) is 5.10 Å². The van der Waals surface area contributed by atoms with Crippen molar-refractivity contribution >= 4 is 28.3 Å². The van der Waals surface area contributed by atoms with Crippen molar-refractivity contribution in [1.82, 2.24) is 25.0 Å². The SMILES string of the molecule is [C-]#[N+]c1ccc(-c2cnn(CC(C)(C)C)c2)c(-c2ccc3cc(Cl)nnc3c2)n1. The zero-order chi connectivity index (χ0) is 20.6. The minimum atomic E-state index is 0.122. The van der Waals surface area contributed by atoms with Crippen molar-refractivity contribution in [2.45, 2.75) is 27.3 Å². The molecule has 0 radical (unpaired) electrons. The largest absolute Gasteiger partial charge is 0.361 e. The van der Waals surface area contributed by atoms with E-state index >= 15 is 0 Å². The summed E-state index contributed by atoms with van der Waals surface area (Å²) in [6.07, 6.45) is 3.86. The fourth-order valence-electron chi connectivity index (χ4n) is 3.20. The van der Waals surface area contributed by atoms with Gasteiger partial charge in [0.05, 0.1) is 11.7 Å². The molecule has 4 aromatic rings. The molecule has 0 unspecified atom stereocenters. The zero-order valence-corrected chi connectivity index (χ0v) is 17.1. The van der Waals surface area contributed by atoms with E-state index in [0.29, 0.717) is 16.7 Å². The Labute approximate surface area is 174 Å². The van der Waals surface area contributed by atoms with E-state index in [1.54, 1.807) is 12.1 Å². The quantitative estimate of drug-likeness (QED) is 0.406. The second-order valence-electron chi connectivity index (χ2n) is 8.11. The smallest absolute Gasteiger partial charge is 0.270 e. The van der Waals surface area contributed by atoms with Crippen molar-refractivity contribution in [2.24, 2.45) is 5.41 Å². The van der Waals surface area contributed by atoms with E-state index in [1.165, 1.54) is 0 Å². The van der Waals surface area contributed by atoms with Crippen LogP contribution in [-0.4, -0.2) is 25.0 Å². The van der Waals surface area contributed by atoms with Crippen LogP contribution in [0.1, 0.15) is 20.8 Å². The van der Waals surface area contributed by atoms with E-state index in [-0.39, 0.29) is 5.41 Å². The van der Waals surface area contributed by atoms with Crippen LogP contribution in [0.5, 0.6) is 0 Å². The van der Waals surface area contributed by atoms with Crippen molar-refractivity contribution < 1.29 is 0 Å². The second-order valence-corrected chi connectivity index (χ2v) is 8.49. The molecule has 0 aliphatic rings. The maximum Gasteiger partial charge on any atom is 0.270 e. The molecule has 0 N–H and O–H groups in total. The molecule has 29 heavy (non-hydrogen) atoms. The van der Waals surface area contributed by atoms with Gasteiger partial charge in [0.25, 0.3) is 5.82 Å². The maximum absolute atomic E-state index is 7.34. The molecule has 0 bridgehead atoms. The molecule has 0 saturated heterocycles. The van der Waals surface area contributed by atoms with Gasteiger partial charge in [0.1, 0.15) is 0 Å². The topological polar surface area (TPSA) is 60.9 Å². The van der Waals surface area contributed by atoms with Crippen molar-refractivity contribution in [3.63, 3.8) is 0 Å². The van der Waals surface area contributed by atoms with E-state index < -0.39 is 0 Å². The molecule has 0 amide bonds. The number of nitrogens with zero attached hydrogens (tertiary/aromatic N) is 6. The molecule has 0 atom stereocenters. The monoisotopic (exact) mass is 402 g/mol. The van der Waals surface area contributed by atoms with Gasteiger partial charge in [0.15, 0.2) is 10.8 Å². The number of fused-ring (bicyclic) bond motifs is 1. The van der Waals surface area contributed by atoms with Crippen molar-refractivity contribution in [1.29, 1.82) is 0 Å². The predicted molar refractivity (Wildman–Crippen MR) is 115 cm³/mol. The van der Waals surface area contributed by atoms with Gasteiger partial charge < -0.3 is 4.85 Å². The van der Waals surface area contributed by atoms with Crippen LogP contribution in [0.4, 0.5) is 5.82 Å². The van der Waals surface area contributed by atoms with Gasteiger partial charge in [-0.3, -0.25) is 4.68 Å². The first-order valence-electron chi connectivity index (χ1n) is 9.17. The predicted octanol–water partition coefficient (Wildman–Crippen LogP) is 5.81. The lowest BCUT2D eigenvalue weighted by atomic mass is 9.97. The summed E-state index contributed by atoms with van der Waals surface area (Å²) in [7, 11) is 0. The van der Waals surface area contributed by atoms with Gasteiger partial charge in [0, 0.05) is 34.8 Å². The highest BCUT2D eigenvalue weighted by atomic mass is 35.5. The second kappa shape index (κ2) is 7.26. The van der Waals surface area contributed by atoms with Crippen LogP contribution in [0.15, 0.2) is 48.8 Å². The van der Waals surface area contributed by atoms with E-state index in [1.807, 2.05) is 41.3 Å². The van der Waals surface area contributed by atoms with Crippen LogP contribution < -0.4 is 0 Å². The molecule has 144 valence electrons. The Morgan fingerprint density at radius 3 is 2.66 bits per heavy atom. The van der Waals surface area contributed by atoms with Gasteiger partial charge in [0.2, 0.25) is 0 Å². The molecular weight excluding hydrogens is 384 g/mol. The van der Waals surface area contributed by atoms with E-state index in [2.05, 4.69) is 45.9 Å². The van der Waals surface area contributed by atoms with Gasteiger partial charge in [-0.1, -0.05) is 51.1 Å². The number of hydrogen-bond donors (Lipinski definition) is 0. The minimum Gasteiger partial charge on any atom is -0.361 e. The molecule has 3 heterocycles. The fraction of sp³-hybridized carbons (Fsp3) is 0.227. The number of hydrogen-bond acceptors (Lipinski definition) is 4. The molecule has 0 fully saturated rings. The summed E-state index contributed by atoms with van der Waals surface area (Å²) in [5, 5.41) is 13.9. The van der Waals surface area contributed by atoms with Crippen LogP contribution in [0.3, 0.4) is 0 Å². The summed E-state index contributed by atoms with van der Waals surface area (Å²) in [5.74, 6) is 0.341. The average molecular weight is 403 g/mol.